The fraction of sp³-hybridized carbons (Fsp3) is 0.333. The zero-order chi connectivity index (χ0) is 7.84. The molecule has 1 aliphatic heterocycles. The first-order valence-electron chi connectivity index (χ1n) is 3.71. The van der Waals surface area contributed by atoms with E-state index < -0.39 is 0 Å². The lowest BCUT2D eigenvalue weighted by atomic mass is 10.1. The highest BCUT2D eigenvalue weighted by Crippen LogP contribution is 2.37. The molecule has 0 saturated carbocycles. The Kier molecular flexibility index (Phi) is 1.28. The molecule has 1 heterocycles. The van der Waals surface area contributed by atoms with E-state index in [1.54, 1.807) is 0 Å². The van der Waals surface area contributed by atoms with Crippen molar-refractivity contribution in [2.75, 3.05) is 6.61 Å². The van der Waals surface area contributed by atoms with E-state index in [4.69, 9.17) is 4.74 Å². The Balaban J connectivity index is 2.62. The molecule has 0 N–H and O–H groups in total. The van der Waals surface area contributed by atoms with Crippen LogP contribution in [0.5, 0.6) is 11.5 Å². The fourth-order valence-electron chi connectivity index (χ4n) is 1.32. The second-order valence-corrected chi connectivity index (χ2v) is 2.80. The van der Waals surface area contributed by atoms with Crippen LogP contribution < -0.4 is 4.74 Å². The van der Waals surface area contributed by atoms with Crippen LogP contribution in [0.4, 0.5) is 0 Å². The zero-order valence-electron chi connectivity index (χ0n) is 6.39. The van der Waals surface area contributed by atoms with E-state index in [1.807, 2.05) is 19.1 Å². The quantitative estimate of drug-likeness (QED) is 0.555. The summed E-state index contributed by atoms with van der Waals surface area (Å²) in [7, 11) is 0. The van der Waals surface area contributed by atoms with Crippen LogP contribution in [-0.4, -0.2) is 6.61 Å². The van der Waals surface area contributed by atoms with Gasteiger partial charge >= 0.3 is 0 Å². The summed E-state index contributed by atoms with van der Waals surface area (Å²) in [5, 5.41) is 11.3. The van der Waals surface area contributed by atoms with Crippen LogP contribution in [0.3, 0.4) is 0 Å². The van der Waals surface area contributed by atoms with Gasteiger partial charge in [0.1, 0.15) is 0 Å². The van der Waals surface area contributed by atoms with E-state index in [2.05, 4.69) is 0 Å². The van der Waals surface area contributed by atoms with Crippen molar-refractivity contribution < 1.29 is 9.84 Å². The molecule has 1 aliphatic rings. The van der Waals surface area contributed by atoms with Crippen LogP contribution in [0, 0.1) is 6.92 Å². The second-order valence-electron chi connectivity index (χ2n) is 2.80. The van der Waals surface area contributed by atoms with Crippen molar-refractivity contribution in [1.29, 1.82) is 0 Å². The van der Waals surface area contributed by atoms with Crippen LogP contribution in [-0.2, 0) is 11.5 Å². The molecule has 0 amide bonds. The molecule has 1 aromatic rings. The molecule has 0 aliphatic carbocycles. The molecule has 0 unspecified atom stereocenters. The Morgan fingerprint density at radius 1 is 1.45 bits per heavy atom. The molecule has 0 atom stereocenters. The van der Waals surface area contributed by atoms with Gasteiger partial charge in [-0.25, -0.2) is 0 Å². The van der Waals surface area contributed by atoms with Gasteiger partial charge in [-0.3, -0.25) is 5.11 Å². The minimum atomic E-state index is 0.0556. The third-order valence-corrected chi connectivity index (χ3v) is 2.01. The van der Waals surface area contributed by atoms with E-state index in [-0.39, 0.29) is 5.75 Å². The van der Waals surface area contributed by atoms with Crippen LogP contribution in [0.15, 0.2) is 12.1 Å². The van der Waals surface area contributed by atoms with Crippen LogP contribution >= 0.6 is 0 Å². The van der Waals surface area contributed by atoms with E-state index in [9.17, 15) is 5.11 Å². The molecule has 2 nitrogen and oxygen atoms in total. The monoisotopic (exact) mass is 149 g/mol. The van der Waals surface area contributed by atoms with Crippen molar-refractivity contribution in [1.82, 2.24) is 0 Å². The van der Waals surface area contributed by atoms with Crippen LogP contribution in [0.1, 0.15) is 11.1 Å². The third kappa shape index (κ3) is 0.862. The maximum atomic E-state index is 11.3. The molecular weight excluding hydrogens is 140 g/mol. The summed E-state index contributed by atoms with van der Waals surface area (Å²) in [6, 6.07) is 3.83. The Morgan fingerprint density at radius 2 is 2.27 bits per heavy atom. The first-order valence-corrected chi connectivity index (χ1v) is 3.71. The number of fused-ring (bicyclic) bond motifs is 1. The number of rotatable bonds is 0. The number of hydrogen-bond donors (Lipinski definition) is 0. The standard InChI is InChI=1S/C9H9O2/c1-6-2-3-7-4-5-11-9(7)8(6)10/h2-3H,4-5H2,1H3. The number of ether oxygens (including phenoxy) is 1. The van der Waals surface area contributed by atoms with Crippen molar-refractivity contribution in [2.45, 2.75) is 13.3 Å². The zero-order valence-corrected chi connectivity index (χ0v) is 6.39. The molecule has 0 aromatic heterocycles. The summed E-state index contributed by atoms with van der Waals surface area (Å²) >= 11 is 0. The number of benzene rings is 1. The smallest absolute Gasteiger partial charge is 0.223 e. The molecule has 2 rings (SSSR count). The molecule has 2 heteroatoms. The van der Waals surface area contributed by atoms with Gasteiger partial charge in [-0.05, 0) is 6.92 Å². The summed E-state index contributed by atoms with van der Waals surface area (Å²) in [6.07, 6.45) is 0.880. The molecule has 1 aromatic carbocycles. The minimum absolute atomic E-state index is 0.0556. The van der Waals surface area contributed by atoms with E-state index in [1.165, 1.54) is 0 Å². The Labute approximate surface area is 65.4 Å². The average Bonchev–Trinajstić information content (AvgIpc) is 2.45. The highest BCUT2D eigenvalue weighted by Gasteiger charge is 2.18. The lowest BCUT2D eigenvalue weighted by Gasteiger charge is -2.01. The van der Waals surface area contributed by atoms with E-state index in [0.717, 1.165) is 17.5 Å². The van der Waals surface area contributed by atoms with Crippen molar-refractivity contribution in [3.63, 3.8) is 0 Å². The van der Waals surface area contributed by atoms with Gasteiger partial charge in [0.25, 0.3) is 0 Å². The van der Waals surface area contributed by atoms with Gasteiger partial charge < -0.3 is 4.74 Å². The largest absolute Gasteiger partial charge is 0.489 e. The van der Waals surface area contributed by atoms with Crippen molar-refractivity contribution in [3.8, 4) is 11.5 Å². The van der Waals surface area contributed by atoms with Gasteiger partial charge in [-0.2, -0.15) is 0 Å². The molecule has 1 radical (unpaired) electrons. The molecular formula is C9H9O2. The van der Waals surface area contributed by atoms with Gasteiger partial charge in [0, 0.05) is 17.5 Å². The molecule has 0 spiro atoms. The maximum absolute atomic E-state index is 11.3. The SMILES string of the molecule is Cc1ccc2c(c1[O])OCC2. The Bertz CT molecular complexity index is 292. The lowest BCUT2D eigenvalue weighted by Crippen LogP contribution is -1.86. The highest BCUT2D eigenvalue weighted by molar-refractivity contribution is 5.51. The van der Waals surface area contributed by atoms with Crippen LogP contribution in [0.2, 0.25) is 0 Å². The summed E-state index contributed by atoms with van der Waals surface area (Å²) in [6.45, 7) is 2.47. The predicted octanol–water partition coefficient (Wildman–Crippen LogP) is 2.07. The van der Waals surface area contributed by atoms with E-state index >= 15 is 0 Å². The normalized spacial score (nSPS) is 14.3. The maximum Gasteiger partial charge on any atom is 0.223 e. The Morgan fingerprint density at radius 3 is 3.09 bits per heavy atom. The molecule has 57 valence electrons. The van der Waals surface area contributed by atoms with Crippen molar-refractivity contribution in [3.05, 3.63) is 23.3 Å². The second kappa shape index (κ2) is 2.16. The number of aryl methyl sites for hydroxylation is 1. The molecule has 0 fully saturated rings. The van der Waals surface area contributed by atoms with Gasteiger partial charge in [-0.1, -0.05) is 12.1 Å². The number of hydrogen-bond acceptors (Lipinski definition) is 1. The molecule has 0 saturated heterocycles. The topological polar surface area (TPSA) is 29.1 Å². The fourth-order valence-corrected chi connectivity index (χ4v) is 1.32. The summed E-state index contributed by atoms with van der Waals surface area (Å²) in [5.41, 5.74) is 1.83. The highest BCUT2D eigenvalue weighted by atomic mass is 16.5. The van der Waals surface area contributed by atoms with Crippen molar-refractivity contribution >= 4 is 0 Å². The summed E-state index contributed by atoms with van der Waals surface area (Å²) in [4.78, 5) is 0. The lowest BCUT2D eigenvalue weighted by molar-refractivity contribution is 0.298. The average molecular weight is 149 g/mol. The minimum Gasteiger partial charge on any atom is -0.489 e. The summed E-state index contributed by atoms with van der Waals surface area (Å²) in [5.74, 6) is 0.630. The van der Waals surface area contributed by atoms with Gasteiger partial charge in [0.05, 0.1) is 6.61 Å². The first-order chi connectivity index (χ1) is 5.29. The third-order valence-electron chi connectivity index (χ3n) is 2.01. The van der Waals surface area contributed by atoms with E-state index in [0.29, 0.717) is 12.4 Å². The summed E-state index contributed by atoms with van der Waals surface area (Å²) < 4.78 is 5.20. The van der Waals surface area contributed by atoms with Crippen LogP contribution in [0.25, 0.3) is 0 Å². The van der Waals surface area contributed by atoms with Gasteiger partial charge in [-0.15, -0.1) is 0 Å². The molecule has 11 heavy (non-hydrogen) atoms. The molecule has 0 bridgehead atoms. The Hall–Kier alpha value is -1.18. The van der Waals surface area contributed by atoms with Crippen molar-refractivity contribution in [2.24, 2.45) is 0 Å². The predicted molar refractivity (Wildman–Crippen MR) is 40.5 cm³/mol. The van der Waals surface area contributed by atoms with Gasteiger partial charge in [0.15, 0.2) is 5.75 Å². The first kappa shape index (κ1) is 6.53. The van der Waals surface area contributed by atoms with Gasteiger partial charge in [0.2, 0.25) is 5.75 Å².